The van der Waals surface area contributed by atoms with Crippen molar-refractivity contribution in [1.82, 2.24) is 4.90 Å². The normalized spacial score (nSPS) is 25.8. The molecule has 0 radical (unpaired) electrons. The number of halogens is 3. The molecule has 2 nitrogen and oxygen atoms in total. The lowest BCUT2D eigenvalue weighted by Gasteiger charge is -2.46. The third-order valence-electron chi connectivity index (χ3n) is 5.52. The Morgan fingerprint density at radius 2 is 1.92 bits per heavy atom. The van der Waals surface area contributed by atoms with Gasteiger partial charge in [-0.2, -0.15) is 0 Å². The number of allylic oxidation sites excluding steroid dienone is 3. The number of likely N-dealkylation sites (tertiary alicyclic amines) is 1. The number of Topliss-reactive ketones (excluding diaryl/α,β-unsaturated/α-hetero) is 1. The van der Waals surface area contributed by atoms with Gasteiger partial charge in [-0.3, -0.25) is 4.79 Å². The molecule has 3 aliphatic rings. The molecule has 0 saturated carbocycles. The van der Waals surface area contributed by atoms with Crippen LogP contribution in [0.4, 0.5) is 8.78 Å². The Balaban J connectivity index is 1.81. The molecule has 1 saturated heterocycles. The second-order valence-corrected chi connectivity index (χ2v) is 8.59. The number of alkyl halides is 1. The molecule has 0 bridgehead atoms. The summed E-state index contributed by atoms with van der Waals surface area (Å²) < 4.78 is 27.3. The first kappa shape index (κ1) is 17.3. The van der Waals surface area contributed by atoms with Gasteiger partial charge in [0.05, 0.1) is 5.38 Å². The van der Waals surface area contributed by atoms with Gasteiger partial charge in [-0.15, -0.1) is 11.6 Å². The Labute approximate surface area is 154 Å². The highest BCUT2D eigenvalue weighted by Crippen LogP contribution is 2.53. The Kier molecular flexibility index (Phi) is 4.29. The molecule has 0 amide bonds. The summed E-state index contributed by atoms with van der Waals surface area (Å²) in [6.45, 7) is 1.75. The predicted molar refractivity (Wildman–Crippen MR) is 95.9 cm³/mol. The highest BCUT2D eigenvalue weighted by molar-refractivity contribution is 8.03. The number of carbonyl (C=O) groups excluding carboxylic acids is 1. The van der Waals surface area contributed by atoms with Crippen molar-refractivity contribution in [3.05, 3.63) is 52.0 Å². The van der Waals surface area contributed by atoms with Crippen molar-refractivity contribution < 1.29 is 13.6 Å². The monoisotopic (exact) mass is 381 g/mol. The first-order chi connectivity index (χ1) is 11.9. The van der Waals surface area contributed by atoms with Crippen LogP contribution in [0.1, 0.15) is 18.4 Å². The number of benzene rings is 1. The molecule has 132 valence electrons. The summed E-state index contributed by atoms with van der Waals surface area (Å²) in [6, 6.07) is 2.34. The summed E-state index contributed by atoms with van der Waals surface area (Å²) in [5.41, 5.74) is 0.914. The number of ketones is 1. The highest BCUT2D eigenvalue weighted by Gasteiger charge is 2.48. The molecule has 1 fully saturated rings. The van der Waals surface area contributed by atoms with Crippen molar-refractivity contribution >= 4 is 29.1 Å². The standard InChI is InChI=1S/C19H18ClF2NOS/c1-23-6-4-19(5-7-23)17(20)3-2-15-18(19)14(24)9-11-8-12(21)13(22)10-16(11)25-15/h2-3,8,10,17H,4-7,9H2,1H3. The van der Waals surface area contributed by atoms with Crippen LogP contribution >= 0.6 is 23.4 Å². The third-order valence-corrected chi connectivity index (χ3v) is 7.24. The molecule has 1 unspecified atom stereocenters. The maximum Gasteiger partial charge on any atom is 0.165 e. The van der Waals surface area contributed by atoms with Gasteiger partial charge in [0.15, 0.2) is 17.4 Å². The molecule has 25 heavy (non-hydrogen) atoms. The largest absolute Gasteiger partial charge is 0.306 e. The number of thioether (sulfide) groups is 1. The SMILES string of the molecule is CN1CCC2(CC1)C1=C(C=CC2Cl)Sc2cc(F)c(F)cc2CC1=O. The van der Waals surface area contributed by atoms with Crippen LogP contribution in [0.3, 0.4) is 0 Å². The van der Waals surface area contributed by atoms with Crippen molar-refractivity contribution in [1.29, 1.82) is 0 Å². The molecule has 1 atom stereocenters. The van der Waals surface area contributed by atoms with Crippen LogP contribution < -0.4 is 0 Å². The fraction of sp³-hybridized carbons (Fsp3) is 0.421. The van der Waals surface area contributed by atoms with Crippen molar-refractivity contribution in [2.75, 3.05) is 20.1 Å². The van der Waals surface area contributed by atoms with Gasteiger partial charge >= 0.3 is 0 Å². The van der Waals surface area contributed by atoms with Crippen molar-refractivity contribution in [2.24, 2.45) is 5.41 Å². The Morgan fingerprint density at radius 1 is 1.24 bits per heavy atom. The van der Waals surface area contributed by atoms with Gasteiger partial charge in [-0.1, -0.05) is 23.9 Å². The topological polar surface area (TPSA) is 20.3 Å². The van der Waals surface area contributed by atoms with Crippen LogP contribution in [-0.2, 0) is 11.2 Å². The second kappa shape index (κ2) is 6.22. The molecule has 0 N–H and O–H groups in total. The number of fused-ring (bicyclic) bond motifs is 2. The first-order valence-corrected chi connectivity index (χ1v) is 9.60. The lowest BCUT2D eigenvalue weighted by atomic mass is 9.66. The van der Waals surface area contributed by atoms with E-state index < -0.39 is 11.6 Å². The van der Waals surface area contributed by atoms with Gasteiger partial charge in [0, 0.05) is 27.2 Å². The number of carbonyl (C=O) groups is 1. The average molecular weight is 382 g/mol. The Morgan fingerprint density at radius 3 is 2.64 bits per heavy atom. The molecule has 1 aromatic carbocycles. The zero-order valence-corrected chi connectivity index (χ0v) is 15.4. The van der Waals surface area contributed by atoms with E-state index in [-0.39, 0.29) is 23.0 Å². The molecule has 2 aliphatic heterocycles. The van der Waals surface area contributed by atoms with E-state index in [1.54, 1.807) is 0 Å². The predicted octanol–water partition coefficient (Wildman–Crippen LogP) is 4.33. The van der Waals surface area contributed by atoms with Gasteiger partial charge in [0.25, 0.3) is 0 Å². The smallest absolute Gasteiger partial charge is 0.165 e. The van der Waals surface area contributed by atoms with E-state index in [2.05, 4.69) is 11.9 Å². The highest BCUT2D eigenvalue weighted by atomic mass is 35.5. The molecule has 4 rings (SSSR count). The molecular formula is C19H18ClF2NOS. The maximum absolute atomic E-state index is 13.7. The summed E-state index contributed by atoms with van der Waals surface area (Å²) in [5, 5.41) is -0.237. The van der Waals surface area contributed by atoms with Gasteiger partial charge in [-0.25, -0.2) is 8.78 Å². The lowest BCUT2D eigenvalue weighted by Crippen LogP contribution is -2.46. The maximum atomic E-state index is 13.7. The summed E-state index contributed by atoms with van der Waals surface area (Å²) >= 11 is 8.03. The number of hydrogen-bond acceptors (Lipinski definition) is 3. The average Bonchev–Trinajstić information content (AvgIpc) is 2.70. The molecule has 0 aromatic heterocycles. The summed E-state index contributed by atoms with van der Waals surface area (Å²) in [4.78, 5) is 16.8. The number of nitrogens with zero attached hydrogens (tertiary/aromatic N) is 1. The number of hydrogen-bond donors (Lipinski definition) is 0. The fourth-order valence-electron chi connectivity index (χ4n) is 4.05. The zero-order valence-electron chi connectivity index (χ0n) is 13.8. The van der Waals surface area contributed by atoms with Crippen LogP contribution in [0.15, 0.2) is 39.7 Å². The summed E-state index contributed by atoms with van der Waals surface area (Å²) in [7, 11) is 2.06. The van der Waals surface area contributed by atoms with Crippen molar-refractivity contribution in [3.63, 3.8) is 0 Å². The van der Waals surface area contributed by atoms with E-state index in [4.69, 9.17) is 11.6 Å². The van der Waals surface area contributed by atoms with E-state index in [9.17, 15) is 13.6 Å². The van der Waals surface area contributed by atoms with Crippen molar-refractivity contribution in [2.45, 2.75) is 29.5 Å². The minimum atomic E-state index is -0.910. The number of piperidine rings is 1. The minimum Gasteiger partial charge on any atom is -0.306 e. The second-order valence-electron chi connectivity index (χ2n) is 7.04. The first-order valence-electron chi connectivity index (χ1n) is 8.35. The molecular weight excluding hydrogens is 364 g/mol. The molecule has 1 aliphatic carbocycles. The molecule has 1 aromatic rings. The summed E-state index contributed by atoms with van der Waals surface area (Å²) in [5.74, 6) is -1.81. The van der Waals surface area contributed by atoms with Gasteiger partial charge in [0.2, 0.25) is 0 Å². The third kappa shape index (κ3) is 2.77. The molecule has 6 heteroatoms. The Hall–Kier alpha value is -1.17. The molecule has 1 spiro atoms. The van der Waals surface area contributed by atoms with Gasteiger partial charge < -0.3 is 4.90 Å². The van der Waals surface area contributed by atoms with Gasteiger partial charge in [0.1, 0.15) is 0 Å². The fourth-order valence-corrected chi connectivity index (χ4v) is 5.68. The summed E-state index contributed by atoms with van der Waals surface area (Å²) in [6.07, 6.45) is 5.53. The van der Waals surface area contributed by atoms with Gasteiger partial charge in [-0.05, 0) is 50.7 Å². The van der Waals surface area contributed by atoms with E-state index in [0.717, 1.165) is 42.5 Å². The quantitative estimate of drug-likeness (QED) is 0.624. The number of rotatable bonds is 0. The lowest BCUT2D eigenvalue weighted by molar-refractivity contribution is -0.116. The molecule has 2 heterocycles. The Bertz CT molecular complexity index is 812. The zero-order chi connectivity index (χ0) is 17.8. The minimum absolute atomic E-state index is 0.0215. The van der Waals surface area contributed by atoms with E-state index >= 15 is 0 Å². The van der Waals surface area contributed by atoms with E-state index in [0.29, 0.717) is 10.5 Å². The van der Waals surface area contributed by atoms with Crippen LogP contribution in [-0.4, -0.2) is 36.2 Å². The van der Waals surface area contributed by atoms with Crippen LogP contribution in [0, 0.1) is 17.0 Å². The van der Waals surface area contributed by atoms with E-state index in [1.165, 1.54) is 17.8 Å². The van der Waals surface area contributed by atoms with Crippen LogP contribution in [0.2, 0.25) is 0 Å². The van der Waals surface area contributed by atoms with Crippen molar-refractivity contribution in [3.8, 4) is 0 Å². The van der Waals surface area contributed by atoms with E-state index in [1.807, 2.05) is 12.2 Å². The van der Waals surface area contributed by atoms with Crippen LogP contribution in [0.5, 0.6) is 0 Å². The van der Waals surface area contributed by atoms with Crippen LogP contribution in [0.25, 0.3) is 0 Å².